The summed E-state index contributed by atoms with van der Waals surface area (Å²) in [6.07, 6.45) is 0. The predicted molar refractivity (Wildman–Crippen MR) is 109 cm³/mol. The number of carbonyl (C=O) groups excluding carboxylic acids is 1. The molecule has 0 spiro atoms. The van der Waals surface area contributed by atoms with Gasteiger partial charge >= 0.3 is 0 Å². The Bertz CT molecular complexity index is 1050. The molecule has 0 saturated carbocycles. The second kappa shape index (κ2) is 8.41. The summed E-state index contributed by atoms with van der Waals surface area (Å²) in [4.78, 5) is 22.5. The first-order valence-corrected chi connectivity index (χ1v) is 9.54. The summed E-state index contributed by atoms with van der Waals surface area (Å²) in [5.74, 6) is 0.470. The maximum atomic E-state index is 12.2. The Kier molecular flexibility index (Phi) is 5.96. The van der Waals surface area contributed by atoms with E-state index in [1.807, 2.05) is 42.8 Å². The van der Waals surface area contributed by atoms with Crippen molar-refractivity contribution in [1.29, 1.82) is 0 Å². The number of nitrogens with one attached hydrogen (secondary N) is 1. The fourth-order valence-corrected chi connectivity index (χ4v) is 3.43. The molecule has 2 aromatic carbocycles. The molecule has 0 saturated heterocycles. The first kappa shape index (κ1) is 19.8. The average Bonchev–Trinajstić information content (AvgIpc) is 3.02. The van der Waals surface area contributed by atoms with Crippen molar-refractivity contribution in [2.75, 3.05) is 11.1 Å². The Hall–Kier alpha value is -2.91. The van der Waals surface area contributed by atoms with Crippen LogP contribution in [0.15, 0.2) is 47.6 Å². The Balaban J connectivity index is 1.66. The molecule has 0 radical (unpaired) electrons. The van der Waals surface area contributed by atoms with Crippen LogP contribution in [-0.2, 0) is 11.8 Å². The predicted octanol–water partition coefficient (Wildman–Crippen LogP) is 4.08. The molecule has 144 valence electrons. The van der Waals surface area contributed by atoms with Crippen molar-refractivity contribution in [3.63, 3.8) is 0 Å². The number of aryl methyl sites for hydroxylation is 1. The van der Waals surface area contributed by atoms with Crippen molar-refractivity contribution >= 4 is 40.6 Å². The van der Waals surface area contributed by atoms with Crippen molar-refractivity contribution in [3.05, 3.63) is 63.2 Å². The number of aromatic nitrogens is 3. The third-order valence-electron chi connectivity index (χ3n) is 3.87. The van der Waals surface area contributed by atoms with Gasteiger partial charge in [-0.25, -0.2) is 0 Å². The first-order chi connectivity index (χ1) is 13.3. The van der Waals surface area contributed by atoms with Crippen molar-refractivity contribution in [2.45, 2.75) is 12.1 Å². The van der Waals surface area contributed by atoms with E-state index in [4.69, 9.17) is 11.6 Å². The number of thioether (sulfide) groups is 1. The lowest BCUT2D eigenvalue weighted by Crippen LogP contribution is -2.14. The molecular formula is C18H16ClN5O3S. The van der Waals surface area contributed by atoms with E-state index in [0.717, 1.165) is 11.1 Å². The molecule has 1 heterocycles. The van der Waals surface area contributed by atoms with Gasteiger partial charge in [0.15, 0.2) is 11.0 Å². The maximum absolute atomic E-state index is 12.2. The van der Waals surface area contributed by atoms with E-state index in [2.05, 4.69) is 15.5 Å². The van der Waals surface area contributed by atoms with E-state index in [-0.39, 0.29) is 22.4 Å². The van der Waals surface area contributed by atoms with Gasteiger partial charge in [0, 0.05) is 24.4 Å². The summed E-state index contributed by atoms with van der Waals surface area (Å²) >= 11 is 7.00. The Morgan fingerprint density at radius 1 is 1.29 bits per heavy atom. The van der Waals surface area contributed by atoms with E-state index in [9.17, 15) is 14.9 Å². The van der Waals surface area contributed by atoms with Crippen LogP contribution in [0.4, 0.5) is 11.4 Å². The quantitative estimate of drug-likeness (QED) is 0.368. The minimum absolute atomic E-state index is 0.0140. The highest BCUT2D eigenvalue weighted by atomic mass is 35.5. The summed E-state index contributed by atoms with van der Waals surface area (Å²) < 4.78 is 1.82. The zero-order valence-corrected chi connectivity index (χ0v) is 16.6. The van der Waals surface area contributed by atoms with Crippen LogP contribution < -0.4 is 5.32 Å². The molecule has 3 rings (SSSR count). The van der Waals surface area contributed by atoms with Crippen LogP contribution in [0, 0.1) is 17.0 Å². The molecule has 1 N–H and O–H groups in total. The summed E-state index contributed by atoms with van der Waals surface area (Å²) in [6, 6.07) is 12.0. The van der Waals surface area contributed by atoms with Crippen molar-refractivity contribution in [3.8, 4) is 11.4 Å². The minimum atomic E-state index is -0.598. The Morgan fingerprint density at radius 3 is 2.79 bits per heavy atom. The summed E-state index contributed by atoms with van der Waals surface area (Å²) in [5, 5.41) is 22.5. The molecule has 10 heteroatoms. The van der Waals surface area contributed by atoms with Crippen LogP contribution in [-0.4, -0.2) is 31.3 Å². The molecule has 1 aromatic heterocycles. The Labute approximate surface area is 170 Å². The smallest absolute Gasteiger partial charge is 0.289 e. The third kappa shape index (κ3) is 4.49. The van der Waals surface area contributed by atoms with Gasteiger partial charge in [-0.2, -0.15) is 0 Å². The molecule has 0 aliphatic carbocycles. The van der Waals surface area contributed by atoms with Crippen molar-refractivity contribution in [1.82, 2.24) is 14.8 Å². The number of nitrogens with zero attached hydrogens (tertiary/aromatic N) is 4. The number of benzene rings is 2. The Morgan fingerprint density at radius 2 is 2.07 bits per heavy atom. The van der Waals surface area contributed by atoms with Crippen LogP contribution in [0.25, 0.3) is 11.4 Å². The highest BCUT2D eigenvalue weighted by Gasteiger charge is 2.16. The second-order valence-electron chi connectivity index (χ2n) is 5.99. The van der Waals surface area contributed by atoms with E-state index in [0.29, 0.717) is 16.7 Å². The lowest BCUT2D eigenvalue weighted by atomic mass is 10.1. The molecule has 0 aliphatic heterocycles. The van der Waals surface area contributed by atoms with Crippen LogP contribution in [0.2, 0.25) is 5.02 Å². The number of amides is 1. The number of carbonyl (C=O) groups is 1. The molecular weight excluding hydrogens is 402 g/mol. The SMILES string of the molecule is Cc1cccc(-c2nnc(SCC(=O)Nc3ccc(Cl)c([N+](=O)[O-])c3)n2C)c1. The van der Waals surface area contributed by atoms with Gasteiger partial charge < -0.3 is 9.88 Å². The van der Waals surface area contributed by atoms with Gasteiger partial charge in [0.05, 0.1) is 10.7 Å². The fourth-order valence-electron chi connectivity index (χ4n) is 2.53. The van der Waals surface area contributed by atoms with Gasteiger partial charge in [-0.15, -0.1) is 10.2 Å². The van der Waals surface area contributed by atoms with Gasteiger partial charge in [0.25, 0.3) is 5.69 Å². The lowest BCUT2D eigenvalue weighted by molar-refractivity contribution is -0.384. The summed E-state index contributed by atoms with van der Waals surface area (Å²) in [7, 11) is 1.83. The monoisotopic (exact) mass is 417 g/mol. The molecule has 8 nitrogen and oxygen atoms in total. The number of nitro groups is 1. The van der Waals surface area contributed by atoms with E-state index < -0.39 is 4.92 Å². The molecule has 0 bridgehead atoms. The minimum Gasteiger partial charge on any atom is -0.325 e. The normalized spacial score (nSPS) is 10.7. The molecule has 1 amide bonds. The van der Waals surface area contributed by atoms with Gasteiger partial charge in [-0.3, -0.25) is 14.9 Å². The largest absolute Gasteiger partial charge is 0.325 e. The van der Waals surface area contributed by atoms with E-state index >= 15 is 0 Å². The molecule has 0 fully saturated rings. The second-order valence-corrected chi connectivity index (χ2v) is 7.34. The van der Waals surface area contributed by atoms with Gasteiger partial charge in [-0.05, 0) is 25.1 Å². The lowest BCUT2D eigenvalue weighted by Gasteiger charge is -2.06. The zero-order chi connectivity index (χ0) is 20.3. The highest BCUT2D eigenvalue weighted by molar-refractivity contribution is 7.99. The number of hydrogen-bond acceptors (Lipinski definition) is 6. The molecule has 3 aromatic rings. The van der Waals surface area contributed by atoms with E-state index in [1.165, 1.54) is 30.0 Å². The molecule has 28 heavy (non-hydrogen) atoms. The van der Waals surface area contributed by atoms with Crippen molar-refractivity contribution < 1.29 is 9.72 Å². The van der Waals surface area contributed by atoms with Crippen LogP contribution in [0.1, 0.15) is 5.56 Å². The van der Waals surface area contributed by atoms with Crippen LogP contribution in [0.5, 0.6) is 0 Å². The fraction of sp³-hybridized carbons (Fsp3) is 0.167. The molecule has 0 atom stereocenters. The first-order valence-electron chi connectivity index (χ1n) is 8.18. The average molecular weight is 418 g/mol. The highest BCUT2D eigenvalue weighted by Crippen LogP contribution is 2.28. The number of halogens is 1. The summed E-state index contributed by atoms with van der Waals surface area (Å²) in [6.45, 7) is 2.00. The third-order valence-corrected chi connectivity index (χ3v) is 5.21. The molecule has 0 aliphatic rings. The van der Waals surface area contributed by atoms with Crippen LogP contribution >= 0.6 is 23.4 Å². The zero-order valence-electron chi connectivity index (χ0n) is 15.0. The van der Waals surface area contributed by atoms with Crippen molar-refractivity contribution in [2.24, 2.45) is 7.05 Å². The number of hydrogen-bond donors (Lipinski definition) is 1. The molecule has 0 unspecified atom stereocenters. The topological polar surface area (TPSA) is 103 Å². The van der Waals surface area contributed by atoms with E-state index in [1.54, 1.807) is 0 Å². The maximum Gasteiger partial charge on any atom is 0.289 e. The summed E-state index contributed by atoms with van der Waals surface area (Å²) in [5.41, 5.74) is 2.11. The number of nitro benzene ring substituents is 1. The van der Waals surface area contributed by atoms with Gasteiger partial charge in [0.1, 0.15) is 5.02 Å². The van der Waals surface area contributed by atoms with Crippen LogP contribution in [0.3, 0.4) is 0 Å². The number of rotatable bonds is 6. The standard InChI is InChI=1S/C18H16ClN5O3S/c1-11-4-3-5-12(8-11)17-21-22-18(23(17)2)28-10-16(25)20-13-6-7-14(19)15(9-13)24(26)27/h3-9H,10H2,1-2H3,(H,20,25). The number of anilines is 1. The van der Waals surface area contributed by atoms with Gasteiger partial charge in [-0.1, -0.05) is 47.1 Å². The van der Waals surface area contributed by atoms with Gasteiger partial charge in [0.2, 0.25) is 5.91 Å².